The van der Waals surface area contributed by atoms with Crippen molar-refractivity contribution in [2.45, 2.75) is 39.7 Å². The first-order valence-electron chi connectivity index (χ1n) is 10.3. The van der Waals surface area contributed by atoms with Crippen LogP contribution in [-0.4, -0.2) is 53.2 Å². The van der Waals surface area contributed by atoms with Crippen LogP contribution in [0, 0.1) is 19.3 Å². The number of carbonyl (C=O) groups is 1. The minimum atomic E-state index is 0.0526. The maximum atomic E-state index is 11.8. The van der Waals surface area contributed by atoms with Gasteiger partial charge in [-0.15, -0.1) is 0 Å². The Bertz CT molecular complexity index is 919. The summed E-state index contributed by atoms with van der Waals surface area (Å²) in [7, 11) is 1.83. The molecule has 2 aliphatic heterocycles. The third kappa shape index (κ3) is 3.86. The summed E-state index contributed by atoms with van der Waals surface area (Å²) in [5, 5.41) is 11.3. The normalized spacial score (nSPS) is 22.2. The zero-order chi connectivity index (χ0) is 20.4. The van der Waals surface area contributed by atoms with Crippen LogP contribution in [0.15, 0.2) is 35.3 Å². The molecule has 7 heteroatoms. The predicted octanol–water partition coefficient (Wildman–Crippen LogP) is 2.17. The highest BCUT2D eigenvalue weighted by Crippen LogP contribution is 2.36. The molecule has 1 atom stereocenters. The second-order valence-corrected chi connectivity index (χ2v) is 8.28. The van der Waals surface area contributed by atoms with Crippen molar-refractivity contribution in [3.05, 3.63) is 47.3 Å². The number of guanidine groups is 1. The third-order valence-corrected chi connectivity index (χ3v) is 6.23. The summed E-state index contributed by atoms with van der Waals surface area (Å²) in [6.07, 6.45) is 2.81. The van der Waals surface area contributed by atoms with Crippen LogP contribution in [0.25, 0.3) is 5.69 Å². The number of likely N-dealkylation sites (tertiary alicyclic amines) is 1. The molecule has 1 aromatic heterocycles. The largest absolute Gasteiger partial charge is 0.355 e. The van der Waals surface area contributed by atoms with E-state index >= 15 is 0 Å². The van der Waals surface area contributed by atoms with Gasteiger partial charge in [0.1, 0.15) is 0 Å². The fraction of sp³-hybridized carbons (Fsp3) is 0.500. The lowest BCUT2D eigenvalue weighted by Gasteiger charge is -2.40. The van der Waals surface area contributed by atoms with Gasteiger partial charge in [-0.1, -0.05) is 18.2 Å². The van der Waals surface area contributed by atoms with E-state index in [4.69, 9.17) is 5.10 Å². The lowest BCUT2D eigenvalue weighted by atomic mass is 9.79. The van der Waals surface area contributed by atoms with Crippen molar-refractivity contribution in [2.24, 2.45) is 10.4 Å². The first-order chi connectivity index (χ1) is 14.0. The molecule has 0 bridgehead atoms. The lowest BCUT2D eigenvalue weighted by Crippen LogP contribution is -2.51. The van der Waals surface area contributed by atoms with Gasteiger partial charge in [0.2, 0.25) is 5.91 Å². The third-order valence-electron chi connectivity index (χ3n) is 6.23. The van der Waals surface area contributed by atoms with Crippen LogP contribution in [0.3, 0.4) is 0 Å². The van der Waals surface area contributed by atoms with Gasteiger partial charge in [-0.05, 0) is 38.8 Å². The molecule has 0 saturated carbocycles. The van der Waals surface area contributed by atoms with Gasteiger partial charge >= 0.3 is 0 Å². The Morgan fingerprint density at radius 1 is 1.31 bits per heavy atom. The lowest BCUT2D eigenvalue weighted by molar-refractivity contribution is -0.119. The topological polar surface area (TPSA) is 74.6 Å². The Kier molecular flexibility index (Phi) is 5.30. The van der Waals surface area contributed by atoms with E-state index in [1.807, 2.05) is 29.9 Å². The molecular formula is C22H30N6O. The molecule has 1 spiro atoms. The van der Waals surface area contributed by atoms with E-state index in [2.05, 4.69) is 46.5 Å². The van der Waals surface area contributed by atoms with Crippen LogP contribution < -0.4 is 10.6 Å². The van der Waals surface area contributed by atoms with Crippen molar-refractivity contribution >= 4 is 11.9 Å². The van der Waals surface area contributed by atoms with Gasteiger partial charge in [0.25, 0.3) is 0 Å². The molecular weight excluding hydrogens is 364 g/mol. The van der Waals surface area contributed by atoms with Crippen LogP contribution in [0.1, 0.15) is 36.2 Å². The number of hydrogen-bond acceptors (Lipinski definition) is 3. The summed E-state index contributed by atoms with van der Waals surface area (Å²) in [6.45, 7) is 7.46. The minimum absolute atomic E-state index is 0.0526. The molecule has 2 saturated heterocycles. The van der Waals surface area contributed by atoms with Gasteiger partial charge in [-0.3, -0.25) is 9.79 Å². The van der Waals surface area contributed by atoms with E-state index in [-0.39, 0.29) is 11.3 Å². The summed E-state index contributed by atoms with van der Waals surface area (Å²) in [5.41, 5.74) is 4.48. The Morgan fingerprint density at radius 2 is 2.10 bits per heavy atom. The highest BCUT2D eigenvalue weighted by Gasteiger charge is 2.42. The maximum Gasteiger partial charge on any atom is 0.220 e. The second-order valence-electron chi connectivity index (χ2n) is 8.28. The van der Waals surface area contributed by atoms with Crippen molar-refractivity contribution in [3.63, 3.8) is 0 Å². The second kappa shape index (κ2) is 7.89. The average Bonchev–Trinajstić information content (AvgIpc) is 3.22. The molecule has 3 heterocycles. The number of aliphatic imine (C=N–C) groups is 1. The molecule has 2 aromatic rings. The molecule has 2 aliphatic rings. The molecule has 0 aliphatic carbocycles. The zero-order valence-corrected chi connectivity index (χ0v) is 17.5. The van der Waals surface area contributed by atoms with Crippen LogP contribution in [0.5, 0.6) is 0 Å². The molecule has 29 heavy (non-hydrogen) atoms. The van der Waals surface area contributed by atoms with Gasteiger partial charge in [-0.25, -0.2) is 4.68 Å². The number of nitrogens with zero attached hydrogens (tertiary/aromatic N) is 4. The Morgan fingerprint density at radius 3 is 2.79 bits per heavy atom. The van der Waals surface area contributed by atoms with E-state index in [0.29, 0.717) is 13.0 Å². The Balaban J connectivity index is 1.47. The van der Waals surface area contributed by atoms with Crippen LogP contribution in [-0.2, 0) is 11.3 Å². The van der Waals surface area contributed by atoms with Gasteiger partial charge < -0.3 is 15.5 Å². The van der Waals surface area contributed by atoms with E-state index in [0.717, 1.165) is 55.5 Å². The molecule has 4 rings (SSSR count). The SMILES string of the molecule is CN=C(NCc1c(C)nn(-c2ccccc2)c1C)N1CCCC2(CNC(=O)C2)C1. The number of hydrogen-bond donors (Lipinski definition) is 2. The summed E-state index contributed by atoms with van der Waals surface area (Å²) in [4.78, 5) is 18.6. The fourth-order valence-electron chi connectivity index (χ4n) is 4.68. The number of carbonyl (C=O) groups excluding carboxylic acids is 1. The fourth-order valence-corrected chi connectivity index (χ4v) is 4.68. The number of piperidine rings is 1. The number of aryl methyl sites for hydroxylation is 1. The summed E-state index contributed by atoms with van der Waals surface area (Å²) < 4.78 is 2.00. The Labute approximate surface area is 172 Å². The maximum absolute atomic E-state index is 11.8. The molecule has 7 nitrogen and oxygen atoms in total. The van der Waals surface area contributed by atoms with Crippen LogP contribution in [0.4, 0.5) is 0 Å². The van der Waals surface area contributed by atoms with Crippen molar-refractivity contribution < 1.29 is 4.79 Å². The number of aromatic nitrogens is 2. The standard InChI is InChI=1S/C22H30N6O/c1-16-19(17(2)28(26-16)18-8-5-4-6-9-18)13-24-21(23-3)27-11-7-10-22(15-27)12-20(29)25-14-22/h4-6,8-9H,7,10-15H2,1-3H3,(H,23,24)(H,25,29). The molecule has 2 fully saturated rings. The first kappa shape index (κ1) is 19.5. The highest BCUT2D eigenvalue weighted by atomic mass is 16.1. The summed E-state index contributed by atoms with van der Waals surface area (Å²) >= 11 is 0. The highest BCUT2D eigenvalue weighted by molar-refractivity contribution is 5.81. The smallest absolute Gasteiger partial charge is 0.220 e. The minimum Gasteiger partial charge on any atom is -0.355 e. The number of para-hydroxylation sites is 1. The predicted molar refractivity (Wildman–Crippen MR) is 114 cm³/mol. The van der Waals surface area contributed by atoms with Gasteiger partial charge in [0.05, 0.1) is 11.4 Å². The van der Waals surface area contributed by atoms with E-state index in [1.54, 1.807) is 0 Å². The molecule has 1 aromatic carbocycles. The van der Waals surface area contributed by atoms with E-state index in [9.17, 15) is 4.79 Å². The van der Waals surface area contributed by atoms with Crippen molar-refractivity contribution in [2.75, 3.05) is 26.7 Å². The van der Waals surface area contributed by atoms with Crippen molar-refractivity contribution in [1.29, 1.82) is 0 Å². The van der Waals surface area contributed by atoms with E-state index in [1.165, 1.54) is 5.56 Å². The monoisotopic (exact) mass is 394 g/mol. The molecule has 0 radical (unpaired) electrons. The quantitative estimate of drug-likeness (QED) is 0.618. The van der Waals surface area contributed by atoms with Crippen molar-refractivity contribution in [1.82, 2.24) is 25.3 Å². The van der Waals surface area contributed by atoms with Gasteiger partial charge in [0, 0.05) is 56.3 Å². The van der Waals surface area contributed by atoms with Crippen LogP contribution >= 0.6 is 0 Å². The molecule has 2 N–H and O–H groups in total. The van der Waals surface area contributed by atoms with Gasteiger partial charge in [-0.2, -0.15) is 5.10 Å². The first-order valence-corrected chi connectivity index (χ1v) is 10.3. The summed E-state index contributed by atoms with van der Waals surface area (Å²) in [6, 6.07) is 10.2. The molecule has 1 amide bonds. The number of benzene rings is 1. The average molecular weight is 395 g/mol. The van der Waals surface area contributed by atoms with Gasteiger partial charge in [0.15, 0.2) is 5.96 Å². The Hall–Kier alpha value is -2.83. The number of nitrogens with one attached hydrogen (secondary N) is 2. The molecule has 1 unspecified atom stereocenters. The summed E-state index contributed by atoms with van der Waals surface area (Å²) in [5.74, 6) is 1.07. The number of amides is 1. The van der Waals surface area contributed by atoms with Crippen molar-refractivity contribution in [3.8, 4) is 5.69 Å². The number of rotatable bonds is 3. The van der Waals surface area contributed by atoms with E-state index < -0.39 is 0 Å². The van der Waals surface area contributed by atoms with Crippen LogP contribution in [0.2, 0.25) is 0 Å². The zero-order valence-electron chi connectivity index (χ0n) is 17.5. The molecule has 154 valence electrons.